The molecule has 0 fully saturated rings. The number of hydrogen-bond acceptors (Lipinski definition) is 3. The molecule has 2 rings (SSSR count). The summed E-state index contributed by atoms with van der Waals surface area (Å²) in [6.45, 7) is 4.01. The quantitative estimate of drug-likeness (QED) is 0.603. The standard InChI is InChI=1S/C15H15NO2S/c1-3-12-6-9-15(14(10-12)16(17)18)19-13-7-4-11(2)5-8-13/h4-10H,3H2,1-2H3. The van der Waals surface area contributed by atoms with Gasteiger partial charge in [0.1, 0.15) is 0 Å². The zero-order chi connectivity index (χ0) is 13.8. The van der Waals surface area contributed by atoms with Crippen LogP contribution in [0.4, 0.5) is 5.69 Å². The van der Waals surface area contributed by atoms with Crippen molar-refractivity contribution in [2.45, 2.75) is 30.1 Å². The molecule has 0 aliphatic heterocycles. The first-order chi connectivity index (χ1) is 9.10. The minimum Gasteiger partial charge on any atom is -0.258 e. The Bertz CT molecular complexity index is 594. The number of nitro groups is 1. The van der Waals surface area contributed by atoms with Gasteiger partial charge in [0.05, 0.1) is 9.82 Å². The van der Waals surface area contributed by atoms with E-state index in [1.807, 2.05) is 50.2 Å². The molecule has 3 nitrogen and oxygen atoms in total. The summed E-state index contributed by atoms with van der Waals surface area (Å²) in [6.07, 6.45) is 0.802. The number of aryl methyl sites for hydroxylation is 2. The van der Waals surface area contributed by atoms with Gasteiger partial charge in [-0.2, -0.15) is 0 Å². The first kappa shape index (κ1) is 13.6. The van der Waals surface area contributed by atoms with Crippen LogP contribution in [0.5, 0.6) is 0 Å². The maximum atomic E-state index is 11.1. The van der Waals surface area contributed by atoms with Crippen LogP contribution in [0.2, 0.25) is 0 Å². The molecule has 0 saturated carbocycles. The summed E-state index contributed by atoms with van der Waals surface area (Å²) in [5, 5.41) is 11.1. The maximum Gasteiger partial charge on any atom is 0.283 e. The smallest absolute Gasteiger partial charge is 0.258 e. The first-order valence-electron chi connectivity index (χ1n) is 6.12. The van der Waals surface area contributed by atoms with Crippen molar-refractivity contribution >= 4 is 17.4 Å². The molecule has 0 aliphatic carbocycles. The summed E-state index contributed by atoms with van der Waals surface area (Å²) >= 11 is 1.43. The second-order valence-electron chi connectivity index (χ2n) is 4.33. The van der Waals surface area contributed by atoms with Crippen LogP contribution in [-0.4, -0.2) is 4.92 Å². The lowest BCUT2D eigenvalue weighted by molar-refractivity contribution is -0.387. The predicted molar refractivity (Wildman–Crippen MR) is 77.8 cm³/mol. The van der Waals surface area contributed by atoms with E-state index in [4.69, 9.17) is 0 Å². The Morgan fingerprint density at radius 1 is 1.16 bits per heavy atom. The van der Waals surface area contributed by atoms with Gasteiger partial charge < -0.3 is 0 Å². The lowest BCUT2D eigenvalue weighted by Crippen LogP contribution is -1.93. The largest absolute Gasteiger partial charge is 0.283 e. The molecule has 19 heavy (non-hydrogen) atoms. The number of hydrogen-bond donors (Lipinski definition) is 0. The molecule has 0 aliphatic rings. The summed E-state index contributed by atoms with van der Waals surface area (Å²) in [7, 11) is 0. The van der Waals surface area contributed by atoms with E-state index in [1.165, 1.54) is 17.3 Å². The van der Waals surface area contributed by atoms with E-state index >= 15 is 0 Å². The van der Waals surface area contributed by atoms with Crippen molar-refractivity contribution in [2.75, 3.05) is 0 Å². The van der Waals surface area contributed by atoms with E-state index in [-0.39, 0.29) is 10.6 Å². The second kappa shape index (κ2) is 5.89. The van der Waals surface area contributed by atoms with Gasteiger partial charge in [-0.3, -0.25) is 10.1 Å². The molecule has 0 amide bonds. The van der Waals surface area contributed by atoms with Crippen LogP contribution in [0.15, 0.2) is 52.3 Å². The summed E-state index contributed by atoms with van der Waals surface area (Å²) < 4.78 is 0. The molecule has 0 N–H and O–H groups in total. The fourth-order valence-electron chi connectivity index (χ4n) is 1.75. The van der Waals surface area contributed by atoms with Crippen molar-refractivity contribution in [3.63, 3.8) is 0 Å². The molecule has 2 aromatic carbocycles. The van der Waals surface area contributed by atoms with Crippen molar-refractivity contribution < 1.29 is 4.92 Å². The van der Waals surface area contributed by atoms with E-state index in [0.717, 1.165) is 16.9 Å². The van der Waals surface area contributed by atoms with Crippen LogP contribution in [0.1, 0.15) is 18.1 Å². The van der Waals surface area contributed by atoms with Crippen molar-refractivity contribution in [3.8, 4) is 0 Å². The number of benzene rings is 2. The average molecular weight is 273 g/mol. The number of nitrogens with zero attached hydrogens (tertiary/aromatic N) is 1. The Balaban J connectivity index is 2.33. The second-order valence-corrected chi connectivity index (χ2v) is 5.44. The fourth-order valence-corrected chi connectivity index (χ4v) is 2.65. The van der Waals surface area contributed by atoms with Crippen molar-refractivity contribution in [1.29, 1.82) is 0 Å². The summed E-state index contributed by atoms with van der Waals surface area (Å²) in [6, 6.07) is 13.4. The van der Waals surface area contributed by atoms with E-state index in [1.54, 1.807) is 6.07 Å². The fraction of sp³-hybridized carbons (Fsp3) is 0.200. The molecule has 0 bridgehead atoms. The molecule has 0 spiro atoms. The minimum atomic E-state index is -0.310. The molecule has 2 aromatic rings. The molecular formula is C15H15NO2S. The van der Waals surface area contributed by atoms with E-state index in [0.29, 0.717) is 4.90 Å². The molecule has 0 atom stereocenters. The molecule has 98 valence electrons. The highest BCUT2D eigenvalue weighted by Gasteiger charge is 2.15. The van der Waals surface area contributed by atoms with Gasteiger partial charge in [-0.15, -0.1) is 0 Å². The van der Waals surface area contributed by atoms with Crippen LogP contribution in [0.25, 0.3) is 0 Å². The monoisotopic (exact) mass is 273 g/mol. The van der Waals surface area contributed by atoms with Gasteiger partial charge >= 0.3 is 0 Å². The van der Waals surface area contributed by atoms with Crippen molar-refractivity contribution in [3.05, 3.63) is 63.7 Å². The Morgan fingerprint density at radius 2 is 1.84 bits per heavy atom. The van der Waals surface area contributed by atoms with Crippen LogP contribution in [0, 0.1) is 17.0 Å². The van der Waals surface area contributed by atoms with Gasteiger partial charge in [-0.25, -0.2) is 0 Å². The Morgan fingerprint density at radius 3 is 2.42 bits per heavy atom. The minimum absolute atomic E-state index is 0.185. The third kappa shape index (κ3) is 3.35. The van der Waals surface area contributed by atoms with Crippen molar-refractivity contribution in [2.24, 2.45) is 0 Å². The summed E-state index contributed by atoms with van der Waals surface area (Å²) in [5.74, 6) is 0. The summed E-state index contributed by atoms with van der Waals surface area (Å²) in [4.78, 5) is 12.5. The molecule has 0 aromatic heterocycles. The third-order valence-electron chi connectivity index (χ3n) is 2.88. The van der Waals surface area contributed by atoms with Crippen LogP contribution in [0.3, 0.4) is 0 Å². The SMILES string of the molecule is CCc1ccc(Sc2ccc(C)cc2)c([N+](=O)[O-])c1. The number of nitro benzene ring substituents is 1. The predicted octanol–water partition coefficient (Wildman–Crippen LogP) is 4.62. The lowest BCUT2D eigenvalue weighted by Gasteiger charge is -2.05. The molecule has 0 saturated heterocycles. The van der Waals surface area contributed by atoms with Gasteiger partial charge in [-0.1, -0.05) is 42.4 Å². The van der Waals surface area contributed by atoms with E-state index in [9.17, 15) is 10.1 Å². The van der Waals surface area contributed by atoms with Gasteiger partial charge in [0.2, 0.25) is 0 Å². The van der Waals surface area contributed by atoms with Crippen LogP contribution >= 0.6 is 11.8 Å². The first-order valence-corrected chi connectivity index (χ1v) is 6.93. The number of rotatable bonds is 4. The Hall–Kier alpha value is -1.81. The highest BCUT2D eigenvalue weighted by atomic mass is 32.2. The van der Waals surface area contributed by atoms with Crippen molar-refractivity contribution in [1.82, 2.24) is 0 Å². The molecule has 0 unspecified atom stereocenters. The zero-order valence-corrected chi connectivity index (χ0v) is 11.7. The van der Waals surface area contributed by atoms with E-state index in [2.05, 4.69) is 0 Å². The summed E-state index contributed by atoms with van der Waals surface area (Å²) in [5.41, 5.74) is 2.35. The highest BCUT2D eigenvalue weighted by Crippen LogP contribution is 2.35. The third-order valence-corrected chi connectivity index (χ3v) is 3.95. The lowest BCUT2D eigenvalue weighted by atomic mass is 10.1. The molecule has 4 heteroatoms. The maximum absolute atomic E-state index is 11.1. The normalized spacial score (nSPS) is 10.4. The highest BCUT2D eigenvalue weighted by molar-refractivity contribution is 7.99. The zero-order valence-electron chi connectivity index (χ0n) is 10.9. The topological polar surface area (TPSA) is 43.1 Å². The van der Waals surface area contributed by atoms with Crippen LogP contribution in [-0.2, 0) is 6.42 Å². The van der Waals surface area contributed by atoms with Gasteiger partial charge in [0.25, 0.3) is 5.69 Å². The average Bonchev–Trinajstić information content (AvgIpc) is 2.41. The van der Waals surface area contributed by atoms with Crippen LogP contribution < -0.4 is 0 Å². The Labute approximate surface area is 116 Å². The molecule has 0 radical (unpaired) electrons. The molecule has 0 heterocycles. The molecular weight excluding hydrogens is 258 g/mol. The Kier molecular flexibility index (Phi) is 4.22. The van der Waals surface area contributed by atoms with Gasteiger partial charge in [0, 0.05) is 11.0 Å². The van der Waals surface area contributed by atoms with Gasteiger partial charge in [0.15, 0.2) is 0 Å². The van der Waals surface area contributed by atoms with E-state index < -0.39 is 0 Å². The van der Waals surface area contributed by atoms with Gasteiger partial charge in [-0.05, 0) is 37.1 Å².